The average molecular weight is 428 g/mol. The SMILES string of the molecule is COCCCN1C(=S)N[C@H](c2ccccn2)[C@@H]1c1cc(C)n(-c2nccs2)c1C. The smallest absolute Gasteiger partial charge is 0.193 e. The molecule has 6 nitrogen and oxygen atoms in total. The molecule has 0 spiro atoms. The van der Waals surface area contributed by atoms with Crippen LogP contribution in [-0.4, -0.2) is 44.8 Å². The molecule has 0 unspecified atom stereocenters. The van der Waals surface area contributed by atoms with Crippen molar-refractivity contribution in [1.82, 2.24) is 24.8 Å². The molecule has 0 bridgehead atoms. The molecule has 1 aliphatic rings. The van der Waals surface area contributed by atoms with Crippen molar-refractivity contribution < 1.29 is 4.74 Å². The van der Waals surface area contributed by atoms with E-state index in [4.69, 9.17) is 17.0 Å². The zero-order valence-corrected chi connectivity index (χ0v) is 18.5. The molecule has 0 amide bonds. The highest BCUT2D eigenvalue weighted by atomic mass is 32.1. The Morgan fingerprint density at radius 3 is 2.79 bits per heavy atom. The van der Waals surface area contributed by atoms with Crippen LogP contribution in [0.2, 0.25) is 0 Å². The summed E-state index contributed by atoms with van der Waals surface area (Å²) in [6, 6.07) is 8.35. The van der Waals surface area contributed by atoms with E-state index in [0.29, 0.717) is 6.61 Å². The van der Waals surface area contributed by atoms with Crippen LogP contribution in [0.1, 0.15) is 41.1 Å². The average Bonchev–Trinajstić information content (AvgIpc) is 3.42. The Bertz CT molecular complexity index is 971. The van der Waals surface area contributed by atoms with Crippen LogP contribution in [0, 0.1) is 13.8 Å². The first-order valence-electron chi connectivity index (χ1n) is 9.67. The van der Waals surface area contributed by atoms with Crippen molar-refractivity contribution in [3.63, 3.8) is 0 Å². The summed E-state index contributed by atoms with van der Waals surface area (Å²) in [6.07, 6.45) is 4.59. The lowest BCUT2D eigenvalue weighted by Gasteiger charge is -2.28. The van der Waals surface area contributed by atoms with Crippen LogP contribution >= 0.6 is 23.6 Å². The number of aromatic nitrogens is 3. The van der Waals surface area contributed by atoms with E-state index in [0.717, 1.165) is 28.9 Å². The van der Waals surface area contributed by atoms with Gasteiger partial charge in [-0.15, -0.1) is 11.3 Å². The molecule has 0 radical (unpaired) electrons. The number of methoxy groups -OCH3 is 1. The molecule has 1 N–H and O–H groups in total. The van der Waals surface area contributed by atoms with Crippen molar-refractivity contribution in [1.29, 1.82) is 0 Å². The molecule has 3 aromatic rings. The Balaban J connectivity index is 1.77. The summed E-state index contributed by atoms with van der Waals surface area (Å²) in [5, 5.41) is 7.28. The zero-order valence-electron chi connectivity index (χ0n) is 16.8. The molecule has 4 heterocycles. The number of thiazole rings is 1. The van der Waals surface area contributed by atoms with Gasteiger partial charge in [-0.3, -0.25) is 9.55 Å². The quantitative estimate of drug-likeness (QED) is 0.455. The van der Waals surface area contributed by atoms with Crippen molar-refractivity contribution in [2.75, 3.05) is 20.3 Å². The Hall–Kier alpha value is -2.29. The molecule has 3 aromatic heterocycles. The van der Waals surface area contributed by atoms with E-state index in [2.05, 4.69) is 50.7 Å². The maximum Gasteiger partial charge on any atom is 0.193 e. The molecule has 0 aliphatic carbocycles. The lowest BCUT2D eigenvalue weighted by Crippen LogP contribution is -2.31. The molecule has 4 rings (SSSR count). The van der Waals surface area contributed by atoms with Crippen LogP contribution in [0.3, 0.4) is 0 Å². The van der Waals surface area contributed by atoms with Gasteiger partial charge in [0.2, 0.25) is 0 Å². The van der Waals surface area contributed by atoms with Crippen LogP contribution in [0.4, 0.5) is 0 Å². The summed E-state index contributed by atoms with van der Waals surface area (Å²) < 4.78 is 7.50. The van der Waals surface area contributed by atoms with E-state index in [1.54, 1.807) is 18.4 Å². The standard InChI is InChI=1S/C21H25N5OS2/c1-14-13-16(15(2)26(14)21-23-9-12-29-21)19-18(17-7-4-5-8-22-17)24-20(28)25(19)10-6-11-27-3/h4-5,7-9,12-13,18-19H,6,10-11H2,1-3H3,(H,24,28)/t18-,19+/m1/s1. The molecule has 1 fully saturated rings. The van der Waals surface area contributed by atoms with E-state index in [-0.39, 0.29) is 12.1 Å². The van der Waals surface area contributed by atoms with Gasteiger partial charge in [0.15, 0.2) is 10.2 Å². The first-order chi connectivity index (χ1) is 14.1. The Morgan fingerprint density at radius 2 is 2.10 bits per heavy atom. The van der Waals surface area contributed by atoms with Crippen molar-refractivity contribution >= 4 is 28.7 Å². The first kappa shape index (κ1) is 20.0. The molecular weight excluding hydrogens is 402 g/mol. The summed E-state index contributed by atoms with van der Waals surface area (Å²) in [6.45, 7) is 5.82. The number of pyridine rings is 1. The Morgan fingerprint density at radius 1 is 1.24 bits per heavy atom. The Kier molecular flexibility index (Phi) is 5.94. The molecule has 2 atom stereocenters. The second-order valence-electron chi connectivity index (χ2n) is 7.14. The molecule has 0 saturated carbocycles. The van der Waals surface area contributed by atoms with E-state index >= 15 is 0 Å². The van der Waals surface area contributed by atoms with Crippen LogP contribution < -0.4 is 5.32 Å². The molecule has 8 heteroatoms. The number of ether oxygens (including phenoxy) is 1. The monoisotopic (exact) mass is 427 g/mol. The second kappa shape index (κ2) is 8.61. The molecule has 29 heavy (non-hydrogen) atoms. The molecule has 0 aromatic carbocycles. The van der Waals surface area contributed by atoms with Gasteiger partial charge in [-0.2, -0.15) is 0 Å². The van der Waals surface area contributed by atoms with Gasteiger partial charge in [-0.05, 0) is 56.2 Å². The fourth-order valence-corrected chi connectivity index (χ4v) is 5.16. The number of nitrogens with zero attached hydrogens (tertiary/aromatic N) is 4. The van der Waals surface area contributed by atoms with Crippen molar-refractivity contribution in [3.05, 3.63) is 64.7 Å². The number of hydrogen-bond donors (Lipinski definition) is 1. The maximum absolute atomic E-state index is 5.74. The number of hydrogen-bond acceptors (Lipinski definition) is 5. The predicted octanol–water partition coefficient (Wildman–Crippen LogP) is 3.95. The zero-order chi connectivity index (χ0) is 20.4. The summed E-state index contributed by atoms with van der Waals surface area (Å²) in [5.74, 6) is 0. The van der Waals surface area contributed by atoms with E-state index in [1.807, 2.05) is 29.9 Å². The number of rotatable bonds is 7. The van der Waals surface area contributed by atoms with Gasteiger partial charge in [0.1, 0.15) is 0 Å². The van der Waals surface area contributed by atoms with E-state index < -0.39 is 0 Å². The maximum atomic E-state index is 5.74. The highest BCUT2D eigenvalue weighted by Crippen LogP contribution is 2.41. The van der Waals surface area contributed by atoms with Crippen molar-refractivity contribution in [2.24, 2.45) is 0 Å². The third kappa shape index (κ3) is 3.80. The number of nitrogens with one attached hydrogen (secondary N) is 1. The third-order valence-electron chi connectivity index (χ3n) is 5.34. The van der Waals surface area contributed by atoms with Gasteiger partial charge < -0.3 is 15.0 Å². The van der Waals surface area contributed by atoms with Gasteiger partial charge in [-0.1, -0.05) is 6.07 Å². The van der Waals surface area contributed by atoms with Crippen LogP contribution in [0.5, 0.6) is 0 Å². The van der Waals surface area contributed by atoms with Gasteiger partial charge in [-0.25, -0.2) is 4.98 Å². The second-order valence-corrected chi connectivity index (χ2v) is 8.40. The third-order valence-corrected chi connectivity index (χ3v) is 6.45. The molecule has 152 valence electrons. The lowest BCUT2D eigenvalue weighted by molar-refractivity contribution is 0.180. The molecular formula is C21H25N5OS2. The van der Waals surface area contributed by atoms with Gasteiger partial charge >= 0.3 is 0 Å². The fourth-order valence-electron chi connectivity index (χ4n) is 4.07. The van der Waals surface area contributed by atoms with Crippen molar-refractivity contribution in [2.45, 2.75) is 32.4 Å². The van der Waals surface area contributed by atoms with Crippen LogP contribution in [0.15, 0.2) is 42.0 Å². The summed E-state index contributed by atoms with van der Waals surface area (Å²) in [5.41, 5.74) is 4.60. The molecule has 1 saturated heterocycles. The normalized spacial score (nSPS) is 19.0. The lowest BCUT2D eigenvalue weighted by atomic mass is 9.96. The van der Waals surface area contributed by atoms with E-state index in [9.17, 15) is 0 Å². The van der Waals surface area contributed by atoms with Gasteiger partial charge in [0.25, 0.3) is 0 Å². The highest BCUT2D eigenvalue weighted by Gasteiger charge is 2.41. The highest BCUT2D eigenvalue weighted by molar-refractivity contribution is 7.80. The first-order valence-corrected chi connectivity index (χ1v) is 11.0. The van der Waals surface area contributed by atoms with E-state index in [1.165, 1.54) is 17.0 Å². The van der Waals surface area contributed by atoms with Crippen LogP contribution in [0.25, 0.3) is 5.13 Å². The minimum Gasteiger partial charge on any atom is -0.385 e. The van der Waals surface area contributed by atoms with Gasteiger partial charge in [0.05, 0.1) is 17.8 Å². The van der Waals surface area contributed by atoms with Crippen LogP contribution in [-0.2, 0) is 4.74 Å². The predicted molar refractivity (Wildman–Crippen MR) is 120 cm³/mol. The minimum absolute atomic E-state index is 0.00325. The topological polar surface area (TPSA) is 55.2 Å². The number of aryl methyl sites for hydroxylation is 1. The number of thiocarbonyl (C=S) groups is 1. The summed E-state index contributed by atoms with van der Waals surface area (Å²) in [4.78, 5) is 11.4. The van der Waals surface area contributed by atoms with Gasteiger partial charge in [0, 0.05) is 49.4 Å². The summed E-state index contributed by atoms with van der Waals surface area (Å²) >= 11 is 7.38. The molecule has 1 aliphatic heterocycles. The summed E-state index contributed by atoms with van der Waals surface area (Å²) in [7, 11) is 1.73. The largest absolute Gasteiger partial charge is 0.385 e. The van der Waals surface area contributed by atoms with Crippen molar-refractivity contribution in [3.8, 4) is 5.13 Å². The fraction of sp³-hybridized carbons (Fsp3) is 0.381. The minimum atomic E-state index is -0.00325. The Labute approximate surface area is 180 Å².